The molecule has 10 nitrogen and oxygen atoms in total. The molecular formula is C25H28FN5O5. The fourth-order valence-corrected chi connectivity index (χ4v) is 3.82. The Labute approximate surface area is 207 Å². The number of halogens is 1. The summed E-state index contributed by atoms with van der Waals surface area (Å²) in [5.41, 5.74) is 1.54. The summed E-state index contributed by atoms with van der Waals surface area (Å²) in [7, 11) is 3.20. The lowest BCUT2D eigenvalue weighted by Gasteiger charge is -2.34. The monoisotopic (exact) mass is 497 g/mol. The van der Waals surface area contributed by atoms with E-state index in [1.165, 1.54) is 12.4 Å². The van der Waals surface area contributed by atoms with Crippen molar-refractivity contribution in [3.05, 3.63) is 48.5 Å². The van der Waals surface area contributed by atoms with Crippen molar-refractivity contribution in [2.75, 3.05) is 38.1 Å². The van der Waals surface area contributed by atoms with Crippen LogP contribution in [0, 0.1) is 5.82 Å². The minimum absolute atomic E-state index is 0.0538. The van der Waals surface area contributed by atoms with Gasteiger partial charge in [0.2, 0.25) is 11.8 Å². The first-order chi connectivity index (χ1) is 17.4. The molecule has 2 aromatic carbocycles. The van der Waals surface area contributed by atoms with Crippen molar-refractivity contribution >= 4 is 39.9 Å². The van der Waals surface area contributed by atoms with Gasteiger partial charge in [0.1, 0.15) is 36.7 Å². The van der Waals surface area contributed by atoms with Crippen LogP contribution in [0.1, 0.15) is 19.3 Å². The smallest absolute Gasteiger partial charge is 0.233 e. The lowest BCUT2D eigenvalue weighted by molar-refractivity contribution is -0.128. The van der Waals surface area contributed by atoms with Gasteiger partial charge < -0.3 is 30.2 Å². The molecule has 1 aliphatic rings. The Balaban J connectivity index is 1.34. The largest absolute Gasteiger partial charge is 0.491 e. The van der Waals surface area contributed by atoms with Gasteiger partial charge in [-0.2, -0.15) is 0 Å². The molecule has 0 bridgehead atoms. The maximum absolute atomic E-state index is 14.9. The molecule has 190 valence electrons. The van der Waals surface area contributed by atoms with Crippen molar-refractivity contribution in [2.24, 2.45) is 0 Å². The van der Waals surface area contributed by atoms with E-state index in [2.05, 4.69) is 25.9 Å². The van der Waals surface area contributed by atoms with Crippen molar-refractivity contribution < 1.29 is 28.2 Å². The lowest BCUT2D eigenvalue weighted by atomic mass is 9.89. The van der Waals surface area contributed by atoms with Gasteiger partial charge in [0, 0.05) is 43.8 Å². The molecule has 11 heteroatoms. The summed E-state index contributed by atoms with van der Waals surface area (Å²) < 4.78 is 30.5. The van der Waals surface area contributed by atoms with Crippen molar-refractivity contribution in [1.29, 1.82) is 0 Å². The fourth-order valence-electron chi connectivity index (χ4n) is 3.82. The number of carbonyl (C=O) groups is 2. The highest BCUT2D eigenvalue weighted by Crippen LogP contribution is 2.29. The predicted octanol–water partition coefficient (Wildman–Crippen LogP) is 3.16. The number of carbonyl (C=O) groups excluding carboxylic acids is 2. The summed E-state index contributed by atoms with van der Waals surface area (Å²) in [6.45, 7) is 0.677. The Morgan fingerprint density at radius 1 is 1.03 bits per heavy atom. The molecule has 0 unspecified atom stereocenters. The number of anilines is 3. The van der Waals surface area contributed by atoms with E-state index in [9.17, 15) is 14.0 Å². The predicted molar refractivity (Wildman–Crippen MR) is 132 cm³/mol. The van der Waals surface area contributed by atoms with Crippen molar-refractivity contribution in [3.63, 3.8) is 0 Å². The Morgan fingerprint density at radius 2 is 1.78 bits per heavy atom. The first kappa shape index (κ1) is 25.3. The van der Waals surface area contributed by atoms with Gasteiger partial charge in [0.25, 0.3) is 0 Å². The van der Waals surface area contributed by atoms with E-state index in [4.69, 9.17) is 14.2 Å². The molecular weight excluding hydrogens is 469 g/mol. The number of methoxy groups -OCH3 is 2. The van der Waals surface area contributed by atoms with E-state index in [1.807, 2.05) is 0 Å². The van der Waals surface area contributed by atoms with Crippen LogP contribution in [-0.2, 0) is 19.1 Å². The molecule has 3 N–H and O–H groups in total. The minimum atomic E-state index is -0.523. The fraction of sp³-hybridized carbons (Fsp3) is 0.360. The number of nitrogens with one attached hydrogen (secondary N) is 3. The van der Waals surface area contributed by atoms with Crippen LogP contribution in [0.2, 0.25) is 0 Å². The number of benzene rings is 2. The zero-order chi connectivity index (χ0) is 25.5. The molecule has 0 spiro atoms. The van der Waals surface area contributed by atoms with Crippen molar-refractivity contribution in [1.82, 2.24) is 15.3 Å². The lowest BCUT2D eigenvalue weighted by Crippen LogP contribution is -2.48. The average Bonchev–Trinajstić information content (AvgIpc) is 2.82. The quantitative estimate of drug-likeness (QED) is 0.273. The number of rotatable bonds is 11. The Morgan fingerprint density at radius 3 is 2.50 bits per heavy atom. The SMILES string of the molecule is COCCOc1cc(F)c2c(Nc3ccc(NC(=O)CC(=O)NC4CC(OC)C4)cc3)ncnc2c1. The van der Waals surface area contributed by atoms with Gasteiger partial charge in [-0.3, -0.25) is 9.59 Å². The Hall–Kier alpha value is -3.83. The van der Waals surface area contributed by atoms with Crippen molar-refractivity contribution in [2.45, 2.75) is 31.4 Å². The number of ether oxygens (including phenoxy) is 3. The molecule has 4 rings (SSSR count). The highest BCUT2D eigenvalue weighted by atomic mass is 19.1. The first-order valence-corrected chi connectivity index (χ1v) is 11.5. The van der Waals surface area contributed by atoms with Gasteiger partial charge in [-0.15, -0.1) is 0 Å². The summed E-state index contributed by atoms with van der Waals surface area (Å²) in [4.78, 5) is 32.6. The second kappa shape index (κ2) is 11.7. The zero-order valence-corrected chi connectivity index (χ0v) is 20.0. The van der Waals surface area contributed by atoms with E-state index in [0.717, 1.165) is 12.8 Å². The molecule has 36 heavy (non-hydrogen) atoms. The number of amides is 2. The van der Waals surface area contributed by atoms with Crippen LogP contribution in [0.4, 0.5) is 21.6 Å². The molecule has 1 fully saturated rings. The van der Waals surface area contributed by atoms with E-state index < -0.39 is 11.7 Å². The van der Waals surface area contributed by atoms with E-state index >= 15 is 0 Å². The average molecular weight is 498 g/mol. The van der Waals surface area contributed by atoms with E-state index in [-0.39, 0.29) is 29.9 Å². The third kappa shape index (κ3) is 6.43. The summed E-state index contributed by atoms with van der Waals surface area (Å²) in [5, 5.41) is 8.82. The van der Waals surface area contributed by atoms with Crippen LogP contribution in [-0.4, -0.2) is 61.4 Å². The minimum Gasteiger partial charge on any atom is -0.491 e. The molecule has 1 aromatic heterocycles. The van der Waals surface area contributed by atoms with Crippen LogP contribution in [0.15, 0.2) is 42.7 Å². The van der Waals surface area contributed by atoms with Crippen LogP contribution < -0.4 is 20.7 Å². The number of hydrogen-bond acceptors (Lipinski definition) is 8. The van der Waals surface area contributed by atoms with Gasteiger partial charge in [0.15, 0.2) is 0 Å². The first-order valence-electron chi connectivity index (χ1n) is 11.5. The van der Waals surface area contributed by atoms with Crippen LogP contribution in [0.25, 0.3) is 10.9 Å². The van der Waals surface area contributed by atoms with E-state index in [0.29, 0.717) is 41.7 Å². The highest BCUT2D eigenvalue weighted by Gasteiger charge is 2.30. The molecule has 1 aliphatic carbocycles. The summed E-state index contributed by atoms with van der Waals surface area (Å²) in [5.74, 6) is -0.619. The van der Waals surface area contributed by atoms with Gasteiger partial charge in [0.05, 0.1) is 23.6 Å². The summed E-state index contributed by atoms with van der Waals surface area (Å²) >= 11 is 0. The molecule has 1 saturated carbocycles. The third-order valence-electron chi connectivity index (χ3n) is 5.77. The zero-order valence-electron chi connectivity index (χ0n) is 20.0. The Bertz CT molecular complexity index is 1220. The molecule has 0 saturated heterocycles. The second-order valence-electron chi connectivity index (χ2n) is 8.38. The van der Waals surface area contributed by atoms with Gasteiger partial charge in [-0.1, -0.05) is 0 Å². The van der Waals surface area contributed by atoms with Gasteiger partial charge in [-0.25, -0.2) is 14.4 Å². The number of hydrogen-bond donors (Lipinski definition) is 3. The number of nitrogens with zero attached hydrogens (tertiary/aromatic N) is 2. The van der Waals surface area contributed by atoms with Gasteiger partial charge >= 0.3 is 0 Å². The van der Waals surface area contributed by atoms with Gasteiger partial charge in [-0.05, 0) is 37.1 Å². The highest BCUT2D eigenvalue weighted by molar-refractivity contribution is 6.03. The topological polar surface area (TPSA) is 124 Å². The maximum atomic E-state index is 14.9. The van der Waals surface area contributed by atoms with Crippen molar-refractivity contribution in [3.8, 4) is 5.75 Å². The molecule has 2 amide bonds. The second-order valence-corrected chi connectivity index (χ2v) is 8.38. The molecule has 1 heterocycles. The standard InChI is InChI=1S/C25H28FN5O5/c1-34-7-8-36-19-11-20(26)24-21(12-19)27-14-28-25(24)31-16-5-3-15(4-6-16)29-22(32)13-23(33)30-17-9-18(10-17)35-2/h3-6,11-12,14,17-18H,7-10,13H2,1-2H3,(H,29,32)(H,30,33)(H,27,28,31). The normalized spacial score (nSPS) is 16.8. The third-order valence-corrected chi connectivity index (χ3v) is 5.77. The molecule has 0 atom stereocenters. The number of aromatic nitrogens is 2. The molecule has 3 aromatic rings. The van der Waals surface area contributed by atoms with E-state index in [1.54, 1.807) is 44.6 Å². The summed E-state index contributed by atoms with van der Waals surface area (Å²) in [6.07, 6.45) is 2.75. The molecule has 0 aliphatic heterocycles. The van der Waals surface area contributed by atoms with Crippen LogP contribution in [0.5, 0.6) is 5.75 Å². The van der Waals surface area contributed by atoms with Crippen LogP contribution >= 0.6 is 0 Å². The number of fused-ring (bicyclic) bond motifs is 1. The van der Waals surface area contributed by atoms with Crippen LogP contribution in [0.3, 0.4) is 0 Å². The maximum Gasteiger partial charge on any atom is 0.233 e. The summed E-state index contributed by atoms with van der Waals surface area (Å²) in [6, 6.07) is 9.74. The Kier molecular flexibility index (Phi) is 8.24. The molecule has 0 radical (unpaired) electrons.